The third-order valence-electron chi connectivity index (χ3n) is 1.79. The molecule has 0 amide bonds. The summed E-state index contributed by atoms with van der Waals surface area (Å²) < 4.78 is 10.1. The van der Waals surface area contributed by atoms with Crippen molar-refractivity contribution in [3.63, 3.8) is 0 Å². The normalized spacial score (nSPS) is 11.4. The van der Waals surface area contributed by atoms with E-state index in [0.717, 1.165) is 6.54 Å². The zero-order chi connectivity index (χ0) is 11.0. The van der Waals surface area contributed by atoms with Crippen molar-refractivity contribution >= 4 is 5.97 Å². The van der Waals surface area contributed by atoms with Gasteiger partial charge in [0, 0.05) is 6.61 Å². The number of hydrogen-bond donors (Lipinski definition) is 1. The Balaban J connectivity index is 3.71. The molecule has 0 bridgehead atoms. The predicted molar refractivity (Wildman–Crippen MR) is 55.2 cm³/mol. The van der Waals surface area contributed by atoms with Gasteiger partial charge in [0.1, 0.15) is 12.1 Å². The lowest BCUT2D eigenvalue weighted by atomic mass is 10.1. The number of carbonyl (C=O) groups is 1. The van der Waals surface area contributed by atoms with Crippen LogP contribution in [0.15, 0.2) is 0 Å². The van der Waals surface area contributed by atoms with Gasteiger partial charge in [-0.15, -0.1) is 0 Å². The number of rotatable bonds is 7. The Kier molecular flexibility index (Phi) is 6.49. The summed E-state index contributed by atoms with van der Waals surface area (Å²) in [6.07, 6.45) is 0. The second-order valence-electron chi connectivity index (χ2n) is 3.49. The van der Waals surface area contributed by atoms with Crippen molar-refractivity contribution in [3.8, 4) is 0 Å². The summed E-state index contributed by atoms with van der Waals surface area (Å²) in [4.78, 5) is 11.5. The van der Waals surface area contributed by atoms with Crippen LogP contribution < -0.4 is 5.32 Å². The van der Waals surface area contributed by atoms with E-state index >= 15 is 0 Å². The third-order valence-corrected chi connectivity index (χ3v) is 1.79. The third kappa shape index (κ3) is 5.19. The fourth-order valence-corrected chi connectivity index (χ4v) is 1.03. The van der Waals surface area contributed by atoms with Gasteiger partial charge in [-0.3, -0.25) is 4.79 Å². The van der Waals surface area contributed by atoms with E-state index < -0.39 is 5.54 Å². The van der Waals surface area contributed by atoms with Crippen LogP contribution in [0.25, 0.3) is 0 Å². The average Bonchev–Trinajstić information content (AvgIpc) is 2.12. The minimum absolute atomic E-state index is 0.237. The van der Waals surface area contributed by atoms with Gasteiger partial charge in [0.05, 0.1) is 6.61 Å². The molecule has 0 aliphatic heterocycles. The molecule has 0 aliphatic rings. The Hall–Kier alpha value is -0.610. The molecule has 0 spiro atoms. The van der Waals surface area contributed by atoms with Gasteiger partial charge in [0.2, 0.25) is 0 Å². The summed E-state index contributed by atoms with van der Waals surface area (Å²) in [6, 6.07) is 0. The molecule has 1 N–H and O–H groups in total. The van der Waals surface area contributed by atoms with Crippen molar-refractivity contribution in [1.29, 1.82) is 0 Å². The van der Waals surface area contributed by atoms with Gasteiger partial charge in [-0.25, -0.2) is 0 Å². The fourth-order valence-electron chi connectivity index (χ4n) is 1.03. The van der Waals surface area contributed by atoms with Gasteiger partial charge < -0.3 is 14.8 Å². The Morgan fingerprint density at radius 2 is 1.93 bits per heavy atom. The maximum Gasteiger partial charge on any atom is 0.325 e. The van der Waals surface area contributed by atoms with Gasteiger partial charge >= 0.3 is 5.97 Å². The molecule has 4 nitrogen and oxygen atoms in total. The van der Waals surface area contributed by atoms with Crippen molar-refractivity contribution in [3.05, 3.63) is 0 Å². The minimum Gasteiger partial charge on any atom is -0.462 e. The molecule has 0 radical (unpaired) electrons. The Morgan fingerprint density at radius 3 is 2.43 bits per heavy atom. The lowest BCUT2D eigenvalue weighted by Gasteiger charge is -2.23. The molecular formula is C10H21NO3. The van der Waals surface area contributed by atoms with E-state index in [4.69, 9.17) is 9.47 Å². The first-order valence-corrected chi connectivity index (χ1v) is 5.04. The summed E-state index contributed by atoms with van der Waals surface area (Å²) >= 11 is 0. The van der Waals surface area contributed by atoms with Gasteiger partial charge in [0.15, 0.2) is 0 Å². The van der Waals surface area contributed by atoms with Crippen LogP contribution in [0.3, 0.4) is 0 Å². The molecule has 0 saturated carbocycles. The van der Waals surface area contributed by atoms with Gasteiger partial charge in [-0.05, 0) is 27.3 Å². The Morgan fingerprint density at radius 1 is 1.29 bits per heavy atom. The van der Waals surface area contributed by atoms with E-state index in [0.29, 0.717) is 19.8 Å². The van der Waals surface area contributed by atoms with Crippen molar-refractivity contribution < 1.29 is 14.3 Å². The number of likely N-dealkylation sites (N-methyl/N-ethyl adjacent to an activating group) is 1. The largest absolute Gasteiger partial charge is 0.462 e. The molecule has 84 valence electrons. The summed E-state index contributed by atoms with van der Waals surface area (Å²) in [6.45, 7) is 9.65. The predicted octanol–water partition coefficient (Wildman–Crippen LogP) is 0.954. The van der Waals surface area contributed by atoms with Crippen molar-refractivity contribution in [2.24, 2.45) is 0 Å². The number of ether oxygens (including phenoxy) is 2. The second kappa shape index (κ2) is 6.79. The smallest absolute Gasteiger partial charge is 0.325 e. The number of carbonyl (C=O) groups excluding carboxylic acids is 1. The standard InChI is InChI=1S/C10H21NO3/c1-5-11-10(3,4)9(12)14-8-7-13-6-2/h11H,5-8H2,1-4H3. The first-order valence-electron chi connectivity index (χ1n) is 5.04. The van der Waals surface area contributed by atoms with Gasteiger partial charge in [0.25, 0.3) is 0 Å². The van der Waals surface area contributed by atoms with E-state index in [9.17, 15) is 4.79 Å². The molecule has 0 aromatic carbocycles. The van der Waals surface area contributed by atoms with Crippen LogP contribution in [0, 0.1) is 0 Å². The fraction of sp³-hybridized carbons (Fsp3) is 0.900. The lowest BCUT2D eigenvalue weighted by Crippen LogP contribution is -2.47. The molecule has 0 aromatic heterocycles. The highest BCUT2D eigenvalue weighted by molar-refractivity contribution is 5.79. The number of hydrogen-bond acceptors (Lipinski definition) is 4. The summed E-state index contributed by atoms with van der Waals surface area (Å²) in [7, 11) is 0. The zero-order valence-corrected chi connectivity index (χ0v) is 9.55. The minimum atomic E-state index is -0.610. The molecule has 14 heavy (non-hydrogen) atoms. The van der Waals surface area contributed by atoms with Gasteiger partial charge in [-0.2, -0.15) is 0 Å². The van der Waals surface area contributed by atoms with Crippen LogP contribution in [-0.4, -0.2) is 37.9 Å². The van der Waals surface area contributed by atoms with E-state index in [-0.39, 0.29) is 5.97 Å². The molecule has 0 aliphatic carbocycles. The number of nitrogens with one attached hydrogen (secondary N) is 1. The van der Waals surface area contributed by atoms with Crippen LogP contribution in [0.1, 0.15) is 27.7 Å². The van der Waals surface area contributed by atoms with Crippen molar-refractivity contribution in [1.82, 2.24) is 5.32 Å². The lowest BCUT2D eigenvalue weighted by molar-refractivity contribution is -0.151. The highest BCUT2D eigenvalue weighted by atomic mass is 16.6. The summed E-state index contributed by atoms with van der Waals surface area (Å²) in [5.74, 6) is -0.237. The molecule has 0 aromatic rings. The summed E-state index contributed by atoms with van der Waals surface area (Å²) in [5.41, 5.74) is -0.610. The van der Waals surface area contributed by atoms with E-state index in [1.165, 1.54) is 0 Å². The highest BCUT2D eigenvalue weighted by Crippen LogP contribution is 2.04. The van der Waals surface area contributed by atoms with E-state index in [1.807, 2.05) is 13.8 Å². The van der Waals surface area contributed by atoms with Crippen LogP contribution in [-0.2, 0) is 14.3 Å². The Bertz CT molecular complexity index is 169. The average molecular weight is 203 g/mol. The van der Waals surface area contributed by atoms with E-state index in [2.05, 4.69) is 5.32 Å². The zero-order valence-electron chi connectivity index (χ0n) is 9.55. The second-order valence-corrected chi connectivity index (χ2v) is 3.49. The topological polar surface area (TPSA) is 47.6 Å². The molecular weight excluding hydrogens is 182 g/mol. The van der Waals surface area contributed by atoms with Crippen LogP contribution in [0.5, 0.6) is 0 Å². The van der Waals surface area contributed by atoms with E-state index in [1.54, 1.807) is 13.8 Å². The van der Waals surface area contributed by atoms with Crippen LogP contribution >= 0.6 is 0 Å². The summed E-state index contributed by atoms with van der Waals surface area (Å²) in [5, 5.41) is 3.05. The molecule has 0 rings (SSSR count). The Labute approximate surface area is 86.0 Å². The van der Waals surface area contributed by atoms with Crippen LogP contribution in [0.2, 0.25) is 0 Å². The molecule has 0 heterocycles. The quantitative estimate of drug-likeness (QED) is 0.494. The number of esters is 1. The SMILES string of the molecule is CCNC(C)(C)C(=O)OCCOCC. The molecule has 0 atom stereocenters. The maximum absolute atomic E-state index is 11.5. The highest BCUT2D eigenvalue weighted by Gasteiger charge is 2.27. The maximum atomic E-state index is 11.5. The van der Waals surface area contributed by atoms with Crippen LogP contribution in [0.4, 0.5) is 0 Å². The molecule has 0 saturated heterocycles. The molecule has 4 heteroatoms. The molecule has 0 fully saturated rings. The van der Waals surface area contributed by atoms with Gasteiger partial charge in [-0.1, -0.05) is 6.92 Å². The van der Waals surface area contributed by atoms with Crippen molar-refractivity contribution in [2.75, 3.05) is 26.4 Å². The monoisotopic (exact) mass is 203 g/mol. The molecule has 0 unspecified atom stereocenters. The van der Waals surface area contributed by atoms with Crippen molar-refractivity contribution in [2.45, 2.75) is 33.2 Å². The first kappa shape index (κ1) is 13.4. The first-order chi connectivity index (χ1) is 6.54.